The lowest BCUT2D eigenvalue weighted by Crippen LogP contribution is -2.61. The molecule has 1 saturated carbocycles. The molecule has 0 bridgehead atoms. The predicted molar refractivity (Wildman–Crippen MR) is 125 cm³/mol. The fraction of sp³-hybridized carbons (Fsp3) is 0.792. The number of carbonyl (C=O) groups excluding carboxylic acids is 5. The number of alkyl halides is 2. The number of hydrogen-bond donors (Lipinski definition) is 4. The van der Waals surface area contributed by atoms with Crippen molar-refractivity contribution >= 4 is 29.5 Å². The van der Waals surface area contributed by atoms with Crippen LogP contribution in [0, 0.1) is 28.6 Å². The highest BCUT2D eigenvalue weighted by Gasteiger charge is 2.70. The molecule has 3 fully saturated rings. The van der Waals surface area contributed by atoms with Crippen molar-refractivity contribution in [3.05, 3.63) is 0 Å². The second-order valence-electron chi connectivity index (χ2n) is 12.0. The number of fused-ring (bicyclic) bond motifs is 1. The maximum atomic E-state index is 13.6. The number of nitrogens with zero attached hydrogens (tertiary/aromatic N) is 1. The van der Waals surface area contributed by atoms with Gasteiger partial charge in [-0.05, 0) is 35.5 Å². The summed E-state index contributed by atoms with van der Waals surface area (Å²) in [6.07, 6.45) is 0.552. The van der Waals surface area contributed by atoms with Gasteiger partial charge in [-0.2, -0.15) is 8.78 Å². The molecule has 0 aromatic rings. The van der Waals surface area contributed by atoms with Gasteiger partial charge in [-0.25, -0.2) is 0 Å². The summed E-state index contributed by atoms with van der Waals surface area (Å²) in [7, 11) is 0. The lowest BCUT2D eigenvalue weighted by atomic mass is 9.85. The van der Waals surface area contributed by atoms with Crippen LogP contribution in [0.4, 0.5) is 8.78 Å². The second kappa shape index (κ2) is 9.26. The zero-order chi connectivity index (χ0) is 27.4. The first-order valence-corrected chi connectivity index (χ1v) is 12.2. The molecule has 36 heavy (non-hydrogen) atoms. The number of nitrogens with one attached hydrogen (secondary N) is 3. The van der Waals surface area contributed by atoms with E-state index in [4.69, 9.17) is 5.73 Å². The molecule has 1 aliphatic carbocycles. The fourth-order valence-corrected chi connectivity index (χ4v) is 5.54. The standard InChI is InChI=1S/C24H37F2N5O5/c1-22(2,3)16(30-21(36)24(6,25)26)20(35)31-10-12-14(23(12,4)5)15(31)19(34)29-13(17(27)32)9-11-7-8-28-18(11)33/h11-16H,7-10H2,1-6H3,(H2,27,32)(H,28,33)(H,29,34)(H,30,36)/t11-,12-,13-,14-,15-,16+/m0/s1. The molecule has 2 aliphatic heterocycles. The van der Waals surface area contributed by atoms with Gasteiger partial charge in [0.1, 0.15) is 18.1 Å². The zero-order valence-corrected chi connectivity index (χ0v) is 21.6. The van der Waals surface area contributed by atoms with Crippen molar-refractivity contribution in [2.45, 2.75) is 78.4 Å². The lowest BCUT2D eigenvalue weighted by molar-refractivity contribution is -0.151. The van der Waals surface area contributed by atoms with Crippen LogP contribution >= 0.6 is 0 Å². The highest BCUT2D eigenvalue weighted by atomic mass is 19.3. The van der Waals surface area contributed by atoms with Crippen molar-refractivity contribution in [1.29, 1.82) is 0 Å². The molecule has 6 atom stereocenters. The highest BCUT2D eigenvalue weighted by Crippen LogP contribution is 2.65. The Morgan fingerprint density at radius 1 is 1.17 bits per heavy atom. The normalized spacial score (nSPS) is 28.6. The average molecular weight is 514 g/mol. The minimum Gasteiger partial charge on any atom is -0.368 e. The number of hydrogen-bond acceptors (Lipinski definition) is 5. The van der Waals surface area contributed by atoms with E-state index in [0.29, 0.717) is 19.9 Å². The van der Waals surface area contributed by atoms with E-state index in [2.05, 4.69) is 16.0 Å². The summed E-state index contributed by atoms with van der Waals surface area (Å²) in [5.41, 5.74) is 4.35. The maximum absolute atomic E-state index is 13.6. The first-order valence-electron chi connectivity index (χ1n) is 12.2. The Bertz CT molecular complexity index is 958. The van der Waals surface area contributed by atoms with Crippen LogP contribution in [0.15, 0.2) is 0 Å². The molecule has 0 unspecified atom stereocenters. The van der Waals surface area contributed by atoms with Gasteiger partial charge in [0.2, 0.25) is 23.6 Å². The molecule has 3 aliphatic rings. The van der Waals surface area contributed by atoms with Crippen molar-refractivity contribution in [1.82, 2.24) is 20.9 Å². The number of piperidine rings is 1. The quantitative estimate of drug-likeness (QED) is 0.364. The van der Waals surface area contributed by atoms with Gasteiger partial charge in [-0.3, -0.25) is 24.0 Å². The van der Waals surface area contributed by atoms with E-state index < -0.39 is 59.0 Å². The molecule has 3 rings (SSSR count). The molecule has 0 radical (unpaired) electrons. The Morgan fingerprint density at radius 3 is 2.25 bits per heavy atom. The van der Waals surface area contributed by atoms with Crippen LogP contribution in [0.2, 0.25) is 0 Å². The molecule has 5 amide bonds. The zero-order valence-electron chi connectivity index (χ0n) is 21.6. The number of amides is 5. The number of nitrogens with two attached hydrogens (primary N) is 1. The molecule has 10 nitrogen and oxygen atoms in total. The first-order chi connectivity index (χ1) is 16.4. The molecule has 0 spiro atoms. The van der Waals surface area contributed by atoms with E-state index >= 15 is 0 Å². The Kier molecular flexibility index (Phi) is 7.15. The van der Waals surface area contributed by atoms with Gasteiger partial charge in [0.25, 0.3) is 5.91 Å². The third-order valence-electron chi connectivity index (χ3n) is 7.89. The maximum Gasteiger partial charge on any atom is 0.321 e. The van der Waals surface area contributed by atoms with Crippen LogP contribution in [-0.4, -0.2) is 71.6 Å². The molecule has 12 heteroatoms. The van der Waals surface area contributed by atoms with Crippen molar-refractivity contribution in [2.24, 2.45) is 34.3 Å². The Morgan fingerprint density at radius 2 is 1.78 bits per heavy atom. The molecule has 0 aromatic carbocycles. The number of rotatable bonds is 8. The third-order valence-corrected chi connectivity index (χ3v) is 7.89. The van der Waals surface area contributed by atoms with Crippen LogP contribution in [0.3, 0.4) is 0 Å². The molecule has 2 saturated heterocycles. The van der Waals surface area contributed by atoms with E-state index in [9.17, 15) is 32.8 Å². The summed E-state index contributed by atoms with van der Waals surface area (Å²) < 4.78 is 27.2. The Labute approximate surface area is 209 Å². The first kappa shape index (κ1) is 27.8. The minimum absolute atomic E-state index is 0.00576. The Balaban J connectivity index is 1.83. The van der Waals surface area contributed by atoms with E-state index in [1.54, 1.807) is 20.8 Å². The van der Waals surface area contributed by atoms with Crippen LogP contribution < -0.4 is 21.7 Å². The van der Waals surface area contributed by atoms with Gasteiger partial charge in [0.05, 0.1) is 0 Å². The van der Waals surface area contributed by atoms with Gasteiger partial charge in [-0.15, -0.1) is 0 Å². The number of primary amides is 1. The number of halogens is 2. The fourth-order valence-electron chi connectivity index (χ4n) is 5.54. The molecule has 5 N–H and O–H groups in total. The average Bonchev–Trinajstić information content (AvgIpc) is 3.09. The number of carbonyl (C=O) groups is 5. The van der Waals surface area contributed by atoms with Crippen molar-refractivity contribution in [3.63, 3.8) is 0 Å². The van der Waals surface area contributed by atoms with E-state index in [1.807, 2.05) is 13.8 Å². The molecular formula is C24H37F2N5O5. The largest absolute Gasteiger partial charge is 0.368 e. The molecular weight excluding hydrogens is 476 g/mol. The van der Waals surface area contributed by atoms with Gasteiger partial charge >= 0.3 is 5.92 Å². The van der Waals surface area contributed by atoms with E-state index in [-0.39, 0.29) is 36.1 Å². The topological polar surface area (TPSA) is 151 Å². The van der Waals surface area contributed by atoms with E-state index in [0.717, 1.165) is 0 Å². The van der Waals surface area contributed by atoms with E-state index in [1.165, 1.54) is 4.90 Å². The second-order valence-corrected chi connectivity index (χ2v) is 12.0. The van der Waals surface area contributed by atoms with Gasteiger partial charge in [0, 0.05) is 25.9 Å². The number of likely N-dealkylation sites (tertiary alicyclic amines) is 1. The third kappa shape index (κ3) is 5.31. The Hall–Kier alpha value is -2.79. The van der Waals surface area contributed by atoms with Crippen molar-refractivity contribution in [3.8, 4) is 0 Å². The summed E-state index contributed by atoms with van der Waals surface area (Å²) in [6.45, 7) is 9.98. The van der Waals surface area contributed by atoms with Gasteiger partial charge < -0.3 is 26.6 Å². The van der Waals surface area contributed by atoms with Crippen molar-refractivity contribution < 1.29 is 32.8 Å². The summed E-state index contributed by atoms with van der Waals surface area (Å²) in [6, 6.07) is -3.39. The molecule has 202 valence electrons. The smallest absolute Gasteiger partial charge is 0.321 e. The monoisotopic (exact) mass is 513 g/mol. The van der Waals surface area contributed by atoms with Crippen LogP contribution in [0.5, 0.6) is 0 Å². The molecule has 2 heterocycles. The van der Waals surface area contributed by atoms with Crippen molar-refractivity contribution in [2.75, 3.05) is 13.1 Å². The molecule has 0 aromatic heterocycles. The SMILES string of the molecule is CC(F)(F)C(=O)N[C@H](C(=O)N1C[C@H]2[C@@H]([C@H]1C(=O)N[C@@H](C[C@@H]1CCNC1=O)C(N)=O)C2(C)C)C(C)(C)C. The summed E-state index contributed by atoms with van der Waals surface area (Å²) in [4.78, 5) is 64.6. The highest BCUT2D eigenvalue weighted by molar-refractivity contribution is 5.96. The summed E-state index contributed by atoms with van der Waals surface area (Å²) in [5, 5.41) is 7.48. The van der Waals surface area contributed by atoms with Gasteiger partial charge in [-0.1, -0.05) is 34.6 Å². The summed E-state index contributed by atoms with van der Waals surface area (Å²) in [5.74, 6) is -8.20. The summed E-state index contributed by atoms with van der Waals surface area (Å²) >= 11 is 0. The van der Waals surface area contributed by atoms with Crippen LogP contribution in [0.1, 0.15) is 54.4 Å². The van der Waals surface area contributed by atoms with Crippen LogP contribution in [-0.2, 0) is 24.0 Å². The van der Waals surface area contributed by atoms with Gasteiger partial charge in [0.15, 0.2) is 0 Å². The lowest BCUT2D eigenvalue weighted by Gasteiger charge is -2.38. The van der Waals surface area contributed by atoms with Crippen LogP contribution in [0.25, 0.3) is 0 Å². The minimum atomic E-state index is -3.68. The predicted octanol–water partition coefficient (Wildman–Crippen LogP) is 0.152.